The summed E-state index contributed by atoms with van der Waals surface area (Å²) in [5.74, 6) is 0.0201. The van der Waals surface area contributed by atoms with Gasteiger partial charge in [0.25, 0.3) is 0 Å². The SMILES string of the molecule is C=C(Nc1nc2ccc(C(F)(F)F)cc2s1)c1cc(Cl)cc(CNC)c1O. The molecule has 0 spiro atoms. The van der Waals surface area contributed by atoms with E-state index in [1.165, 1.54) is 6.07 Å². The Labute approximate surface area is 162 Å². The number of phenols is 1. The molecule has 27 heavy (non-hydrogen) atoms. The van der Waals surface area contributed by atoms with Crippen LogP contribution in [0.1, 0.15) is 16.7 Å². The van der Waals surface area contributed by atoms with Crippen LogP contribution in [0.5, 0.6) is 5.75 Å². The molecule has 9 heteroatoms. The van der Waals surface area contributed by atoms with E-state index in [1.54, 1.807) is 19.2 Å². The van der Waals surface area contributed by atoms with Gasteiger partial charge in [0.2, 0.25) is 0 Å². The Kier molecular flexibility index (Phi) is 5.32. The fraction of sp³-hybridized carbons (Fsp3) is 0.167. The van der Waals surface area contributed by atoms with Crippen LogP contribution in [0.25, 0.3) is 15.9 Å². The quantitative estimate of drug-likeness (QED) is 0.518. The maximum atomic E-state index is 12.8. The second kappa shape index (κ2) is 7.38. The number of halogens is 4. The van der Waals surface area contributed by atoms with Crippen molar-refractivity contribution in [1.29, 1.82) is 0 Å². The van der Waals surface area contributed by atoms with Crippen molar-refractivity contribution in [2.75, 3.05) is 12.4 Å². The predicted octanol–water partition coefficient (Wildman–Crippen LogP) is 5.48. The Bertz CT molecular complexity index is 1020. The van der Waals surface area contributed by atoms with E-state index in [-0.39, 0.29) is 5.75 Å². The number of aromatic nitrogens is 1. The summed E-state index contributed by atoms with van der Waals surface area (Å²) in [7, 11) is 1.74. The van der Waals surface area contributed by atoms with Crippen LogP contribution in [0.4, 0.5) is 18.3 Å². The third kappa shape index (κ3) is 4.18. The Morgan fingerprint density at radius 1 is 1.30 bits per heavy atom. The number of hydrogen-bond donors (Lipinski definition) is 3. The number of anilines is 1. The van der Waals surface area contributed by atoms with Crippen molar-refractivity contribution in [3.8, 4) is 5.75 Å². The zero-order valence-electron chi connectivity index (χ0n) is 14.1. The molecule has 4 nitrogen and oxygen atoms in total. The van der Waals surface area contributed by atoms with E-state index in [0.717, 1.165) is 23.5 Å². The van der Waals surface area contributed by atoms with Crippen LogP contribution in [0, 0.1) is 0 Å². The lowest BCUT2D eigenvalue weighted by Gasteiger charge is -2.13. The molecule has 0 unspecified atom stereocenters. The normalized spacial score (nSPS) is 11.7. The monoisotopic (exact) mass is 413 g/mol. The first kappa shape index (κ1) is 19.5. The zero-order chi connectivity index (χ0) is 19.8. The molecule has 0 aliphatic carbocycles. The van der Waals surface area contributed by atoms with Crippen LogP contribution < -0.4 is 10.6 Å². The van der Waals surface area contributed by atoms with Gasteiger partial charge in [-0.05, 0) is 37.4 Å². The van der Waals surface area contributed by atoms with Crippen molar-refractivity contribution in [2.45, 2.75) is 12.7 Å². The highest BCUT2D eigenvalue weighted by molar-refractivity contribution is 7.22. The molecule has 0 aliphatic rings. The van der Waals surface area contributed by atoms with Gasteiger partial charge in [-0.25, -0.2) is 4.98 Å². The largest absolute Gasteiger partial charge is 0.507 e. The van der Waals surface area contributed by atoms with Crippen LogP contribution in [-0.4, -0.2) is 17.1 Å². The predicted molar refractivity (Wildman–Crippen MR) is 103 cm³/mol. The molecule has 1 heterocycles. The van der Waals surface area contributed by atoms with E-state index in [2.05, 4.69) is 22.2 Å². The molecule has 0 atom stereocenters. The minimum absolute atomic E-state index is 0.0201. The summed E-state index contributed by atoms with van der Waals surface area (Å²) in [6.07, 6.45) is -4.41. The van der Waals surface area contributed by atoms with E-state index in [4.69, 9.17) is 11.6 Å². The summed E-state index contributed by atoms with van der Waals surface area (Å²) in [6.45, 7) is 4.30. The van der Waals surface area contributed by atoms with E-state index in [1.807, 2.05) is 0 Å². The lowest BCUT2D eigenvalue weighted by Crippen LogP contribution is -2.07. The Hall–Kier alpha value is -2.29. The molecule has 0 bridgehead atoms. The molecule has 3 rings (SSSR count). The van der Waals surface area contributed by atoms with Crippen LogP contribution in [0.2, 0.25) is 5.02 Å². The highest BCUT2D eigenvalue weighted by Crippen LogP contribution is 2.36. The highest BCUT2D eigenvalue weighted by atomic mass is 35.5. The summed E-state index contributed by atoms with van der Waals surface area (Å²) < 4.78 is 38.9. The van der Waals surface area contributed by atoms with Crippen molar-refractivity contribution in [1.82, 2.24) is 10.3 Å². The smallest absolute Gasteiger partial charge is 0.416 e. The zero-order valence-corrected chi connectivity index (χ0v) is 15.7. The Morgan fingerprint density at radius 2 is 2.04 bits per heavy atom. The van der Waals surface area contributed by atoms with Gasteiger partial charge >= 0.3 is 6.18 Å². The fourth-order valence-electron chi connectivity index (χ4n) is 2.56. The summed E-state index contributed by atoms with van der Waals surface area (Å²) >= 11 is 7.17. The van der Waals surface area contributed by atoms with E-state index < -0.39 is 11.7 Å². The molecule has 1 aromatic heterocycles. The average Bonchev–Trinajstić information content (AvgIpc) is 2.98. The molecule has 0 amide bonds. The topological polar surface area (TPSA) is 57.2 Å². The highest BCUT2D eigenvalue weighted by Gasteiger charge is 2.30. The van der Waals surface area contributed by atoms with Gasteiger partial charge in [-0.1, -0.05) is 29.5 Å². The Morgan fingerprint density at radius 3 is 2.70 bits per heavy atom. The number of alkyl halides is 3. The minimum Gasteiger partial charge on any atom is -0.507 e. The maximum Gasteiger partial charge on any atom is 0.416 e. The molecule has 0 saturated heterocycles. The summed E-state index contributed by atoms with van der Waals surface area (Å²) in [5.41, 5.74) is 1.04. The second-order valence-electron chi connectivity index (χ2n) is 5.79. The molecule has 0 aliphatic heterocycles. The lowest BCUT2D eigenvalue weighted by molar-refractivity contribution is -0.137. The number of aromatic hydroxyl groups is 1. The first-order valence-electron chi connectivity index (χ1n) is 7.79. The summed E-state index contributed by atoms with van der Waals surface area (Å²) in [5, 5.41) is 17.1. The third-order valence-electron chi connectivity index (χ3n) is 3.82. The van der Waals surface area contributed by atoms with Gasteiger partial charge < -0.3 is 15.7 Å². The first-order chi connectivity index (χ1) is 12.7. The van der Waals surface area contributed by atoms with Gasteiger partial charge in [0.15, 0.2) is 5.13 Å². The van der Waals surface area contributed by atoms with Gasteiger partial charge in [-0.15, -0.1) is 0 Å². The molecule has 0 saturated carbocycles. The molecule has 0 fully saturated rings. The molecular weight excluding hydrogens is 399 g/mol. The minimum atomic E-state index is -4.41. The molecular formula is C18H15ClF3N3OS. The van der Waals surface area contributed by atoms with Gasteiger partial charge in [0.1, 0.15) is 5.75 Å². The molecule has 3 aromatic rings. The first-order valence-corrected chi connectivity index (χ1v) is 8.98. The second-order valence-corrected chi connectivity index (χ2v) is 7.26. The van der Waals surface area contributed by atoms with Crippen molar-refractivity contribution < 1.29 is 18.3 Å². The van der Waals surface area contributed by atoms with Crippen molar-refractivity contribution in [3.05, 3.63) is 58.6 Å². The van der Waals surface area contributed by atoms with E-state index >= 15 is 0 Å². The number of hydrogen-bond acceptors (Lipinski definition) is 5. The molecule has 0 radical (unpaired) electrons. The lowest BCUT2D eigenvalue weighted by atomic mass is 10.1. The third-order valence-corrected chi connectivity index (χ3v) is 4.97. The standard InChI is InChI=1S/C18H15ClF3N3OS/c1-9(13-7-12(19)5-10(8-23-2)16(13)26)24-17-25-14-4-3-11(18(20,21)22)6-15(14)27-17/h3-7,23,26H,1,8H2,2H3,(H,24,25). The molecule has 3 N–H and O–H groups in total. The maximum absolute atomic E-state index is 12.8. The molecule has 2 aromatic carbocycles. The number of nitrogens with one attached hydrogen (secondary N) is 2. The summed E-state index contributed by atoms with van der Waals surface area (Å²) in [6, 6.07) is 6.57. The number of fused-ring (bicyclic) bond motifs is 1. The number of rotatable bonds is 5. The molecule has 142 valence electrons. The van der Waals surface area contributed by atoms with Gasteiger partial charge in [-0.3, -0.25) is 0 Å². The van der Waals surface area contributed by atoms with Crippen LogP contribution in [0.15, 0.2) is 36.9 Å². The van der Waals surface area contributed by atoms with E-state index in [0.29, 0.717) is 43.7 Å². The van der Waals surface area contributed by atoms with Gasteiger partial charge in [-0.2, -0.15) is 13.2 Å². The van der Waals surface area contributed by atoms with Crippen LogP contribution in [0.3, 0.4) is 0 Å². The number of phenolic OH excluding ortho intramolecular Hbond substituents is 1. The van der Waals surface area contributed by atoms with Crippen molar-refractivity contribution in [3.63, 3.8) is 0 Å². The number of benzene rings is 2. The van der Waals surface area contributed by atoms with Crippen LogP contribution >= 0.6 is 22.9 Å². The van der Waals surface area contributed by atoms with E-state index in [9.17, 15) is 18.3 Å². The average molecular weight is 414 g/mol. The van der Waals surface area contributed by atoms with Crippen LogP contribution in [-0.2, 0) is 12.7 Å². The summed E-state index contributed by atoms with van der Waals surface area (Å²) in [4.78, 5) is 4.26. The number of thiazole rings is 1. The fourth-order valence-corrected chi connectivity index (χ4v) is 3.73. The number of nitrogens with zero attached hydrogens (tertiary/aromatic N) is 1. The van der Waals surface area contributed by atoms with Gasteiger partial charge in [0, 0.05) is 28.4 Å². The van der Waals surface area contributed by atoms with Crippen molar-refractivity contribution in [2.24, 2.45) is 0 Å². The van der Waals surface area contributed by atoms with Crippen molar-refractivity contribution >= 4 is 44.0 Å². The Balaban J connectivity index is 1.90. The van der Waals surface area contributed by atoms with Gasteiger partial charge in [0.05, 0.1) is 15.8 Å².